The van der Waals surface area contributed by atoms with Gasteiger partial charge in [0.2, 0.25) is 0 Å². The Bertz CT molecular complexity index is 689. The number of halogens is 1. The molecule has 0 heterocycles. The highest BCUT2D eigenvalue weighted by molar-refractivity contribution is 9.10. The summed E-state index contributed by atoms with van der Waals surface area (Å²) in [6, 6.07) is 10.1. The Morgan fingerprint density at radius 3 is 2.62 bits per heavy atom. The molecular weight excluding hydrogens is 336 g/mol. The molecule has 2 aromatic carbocycles. The smallest absolute Gasteiger partial charge is 0.285 e. The van der Waals surface area contributed by atoms with E-state index in [1.54, 1.807) is 18.2 Å². The van der Waals surface area contributed by atoms with E-state index in [9.17, 15) is 15.2 Å². The maximum Gasteiger partial charge on any atom is 0.285 e. The van der Waals surface area contributed by atoms with Gasteiger partial charge in [-0.2, -0.15) is 0 Å². The maximum atomic E-state index is 10.9. The molecule has 2 N–H and O–H groups in total. The van der Waals surface area contributed by atoms with Crippen LogP contribution in [-0.4, -0.2) is 10.0 Å². The minimum atomic E-state index is -0.441. The number of hydrogen-bond acceptors (Lipinski definition) is 4. The largest absolute Gasteiger partial charge is 0.508 e. The molecule has 0 amide bonds. The predicted molar refractivity (Wildman–Crippen MR) is 85.7 cm³/mol. The fraction of sp³-hybridized carbons (Fsp3) is 0.200. The van der Waals surface area contributed by atoms with Gasteiger partial charge in [0.15, 0.2) is 0 Å². The lowest BCUT2D eigenvalue weighted by molar-refractivity contribution is -0.385. The van der Waals surface area contributed by atoms with Crippen LogP contribution in [0.3, 0.4) is 0 Å². The van der Waals surface area contributed by atoms with Crippen LogP contribution in [0.2, 0.25) is 0 Å². The topological polar surface area (TPSA) is 75.4 Å². The van der Waals surface area contributed by atoms with E-state index in [-0.39, 0.29) is 17.5 Å². The predicted octanol–water partition coefficient (Wildman–Crippen LogP) is 4.54. The van der Waals surface area contributed by atoms with Crippen molar-refractivity contribution in [1.82, 2.24) is 0 Å². The molecule has 1 atom stereocenters. The lowest BCUT2D eigenvalue weighted by atomic mass is 10.0. The van der Waals surface area contributed by atoms with Crippen molar-refractivity contribution in [1.29, 1.82) is 0 Å². The Kier molecular flexibility index (Phi) is 4.47. The number of rotatable bonds is 4. The number of benzene rings is 2. The first kappa shape index (κ1) is 15.3. The molecule has 0 aliphatic rings. The summed E-state index contributed by atoms with van der Waals surface area (Å²) in [6.45, 7) is 3.79. The summed E-state index contributed by atoms with van der Waals surface area (Å²) in [5.41, 5.74) is 2.34. The summed E-state index contributed by atoms with van der Waals surface area (Å²) in [5.74, 6) is 0.210. The van der Waals surface area contributed by atoms with Crippen LogP contribution in [0, 0.1) is 17.0 Å². The molecule has 2 rings (SSSR count). The molecular formula is C15H15BrN2O3. The Balaban J connectivity index is 2.25. The molecule has 110 valence electrons. The first-order chi connectivity index (χ1) is 9.88. The summed E-state index contributed by atoms with van der Waals surface area (Å²) in [4.78, 5) is 10.5. The van der Waals surface area contributed by atoms with E-state index in [1.807, 2.05) is 26.0 Å². The van der Waals surface area contributed by atoms with Gasteiger partial charge in [-0.15, -0.1) is 0 Å². The van der Waals surface area contributed by atoms with E-state index in [0.29, 0.717) is 10.2 Å². The zero-order valence-corrected chi connectivity index (χ0v) is 13.2. The Hall–Kier alpha value is -2.08. The molecule has 0 aromatic heterocycles. The SMILES string of the molecule is Cc1ccc(C(C)Nc2ccc(Br)c([N+](=O)[O-])c2)c(O)c1. The number of aromatic hydroxyl groups is 1. The third-order valence-electron chi connectivity index (χ3n) is 3.18. The normalized spacial score (nSPS) is 12.0. The van der Waals surface area contributed by atoms with E-state index >= 15 is 0 Å². The van der Waals surface area contributed by atoms with Crippen molar-refractivity contribution in [2.24, 2.45) is 0 Å². The van der Waals surface area contributed by atoms with Gasteiger partial charge >= 0.3 is 0 Å². The van der Waals surface area contributed by atoms with Crippen LogP contribution in [0.4, 0.5) is 11.4 Å². The lowest BCUT2D eigenvalue weighted by Gasteiger charge is -2.17. The molecule has 5 nitrogen and oxygen atoms in total. The number of nitro benzene ring substituents is 1. The summed E-state index contributed by atoms with van der Waals surface area (Å²) < 4.78 is 0.434. The van der Waals surface area contributed by atoms with Crippen LogP contribution in [0.25, 0.3) is 0 Å². The van der Waals surface area contributed by atoms with Gasteiger partial charge in [0.25, 0.3) is 5.69 Å². The molecule has 0 saturated carbocycles. The van der Waals surface area contributed by atoms with Crippen molar-refractivity contribution in [2.75, 3.05) is 5.32 Å². The third kappa shape index (κ3) is 3.52. The van der Waals surface area contributed by atoms with E-state index in [0.717, 1.165) is 11.1 Å². The molecule has 0 aliphatic heterocycles. The Morgan fingerprint density at radius 1 is 1.29 bits per heavy atom. The highest BCUT2D eigenvalue weighted by atomic mass is 79.9. The van der Waals surface area contributed by atoms with Crippen LogP contribution in [-0.2, 0) is 0 Å². The molecule has 1 unspecified atom stereocenters. The van der Waals surface area contributed by atoms with Crippen LogP contribution in [0.1, 0.15) is 24.1 Å². The Labute approximate surface area is 130 Å². The Morgan fingerprint density at radius 2 is 2.00 bits per heavy atom. The summed E-state index contributed by atoms with van der Waals surface area (Å²) in [7, 11) is 0. The number of nitrogens with one attached hydrogen (secondary N) is 1. The number of phenols is 1. The molecule has 21 heavy (non-hydrogen) atoms. The molecule has 0 radical (unpaired) electrons. The monoisotopic (exact) mass is 350 g/mol. The van der Waals surface area contributed by atoms with Gasteiger partial charge in [-0.05, 0) is 53.5 Å². The van der Waals surface area contributed by atoms with Crippen molar-refractivity contribution in [3.05, 3.63) is 62.1 Å². The number of hydrogen-bond donors (Lipinski definition) is 2. The molecule has 0 spiro atoms. The number of anilines is 1. The highest BCUT2D eigenvalue weighted by Crippen LogP contribution is 2.31. The van der Waals surface area contributed by atoms with Gasteiger partial charge < -0.3 is 10.4 Å². The van der Waals surface area contributed by atoms with Crippen molar-refractivity contribution in [2.45, 2.75) is 19.9 Å². The minimum absolute atomic E-state index is 0.000304. The molecule has 0 fully saturated rings. The van der Waals surface area contributed by atoms with E-state index < -0.39 is 4.92 Å². The molecule has 0 saturated heterocycles. The maximum absolute atomic E-state index is 10.9. The van der Waals surface area contributed by atoms with E-state index in [2.05, 4.69) is 21.2 Å². The molecule has 6 heteroatoms. The number of aryl methyl sites for hydroxylation is 1. The number of nitrogens with zero attached hydrogens (tertiary/aromatic N) is 1. The number of nitro groups is 1. The second-order valence-electron chi connectivity index (χ2n) is 4.85. The fourth-order valence-electron chi connectivity index (χ4n) is 2.09. The van der Waals surface area contributed by atoms with Crippen molar-refractivity contribution in [3.63, 3.8) is 0 Å². The first-order valence-electron chi connectivity index (χ1n) is 6.38. The van der Waals surface area contributed by atoms with Crippen molar-refractivity contribution < 1.29 is 10.0 Å². The molecule has 0 aliphatic carbocycles. The summed E-state index contributed by atoms with van der Waals surface area (Å²) >= 11 is 3.15. The molecule has 0 bridgehead atoms. The minimum Gasteiger partial charge on any atom is -0.508 e. The van der Waals surface area contributed by atoms with Gasteiger partial charge in [-0.1, -0.05) is 12.1 Å². The van der Waals surface area contributed by atoms with Crippen LogP contribution in [0.5, 0.6) is 5.75 Å². The second kappa shape index (κ2) is 6.13. The van der Waals surface area contributed by atoms with Crippen LogP contribution < -0.4 is 5.32 Å². The van der Waals surface area contributed by atoms with E-state index in [1.165, 1.54) is 6.07 Å². The first-order valence-corrected chi connectivity index (χ1v) is 7.18. The molecule has 2 aromatic rings. The van der Waals surface area contributed by atoms with Crippen molar-refractivity contribution >= 4 is 27.3 Å². The van der Waals surface area contributed by atoms with E-state index in [4.69, 9.17) is 0 Å². The van der Waals surface area contributed by atoms with Gasteiger partial charge in [-0.25, -0.2) is 0 Å². The van der Waals surface area contributed by atoms with Crippen LogP contribution >= 0.6 is 15.9 Å². The zero-order chi connectivity index (χ0) is 15.6. The summed E-state index contributed by atoms with van der Waals surface area (Å²) in [6.07, 6.45) is 0. The average molecular weight is 351 g/mol. The summed E-state index contributed by atoms with van der Waals surface area (Å²) in [5, 5.41) is 24.1. The fourth-order valence-corrected chi connectivity index (χ4v) is 2.48. The zero-order valence-electron chi connectivity index (χ0n) is 11.6. The van der Waals surface area contributed by atoms with Gasteiger partial charge in [-0.3, -0.25) is 10.1 Å². The van der Waals surface area contributed by atoms with Gasteiger partial charge in [0.05, 0.1) is 15.4 Å². The van der Waals surface area contributed by atoms with Gasteiger partial charge in [0, 0.05) is 17.3 Å². The number of phenolic OH excluding ortho intramolecular Hbond substituents is 1. The average Bonchev–Trinajstić information content (AvgIpc) is 2.40. The lowest BCUT2D eigenvalue weighted by Crippen LogP contribution is -2.07. The van der Waals surface area contributed by atoms with Crippen LogP contribution in [0.15, 0.2) is 40.9 Å². The quantitative estimate of drug-likeness (QED) is 0.626. The third-order valence-corrected chi connectivity index (χ3v) is 3.85. The van der Waals surface area contributed by atoms with Crippen molar-refractivity contribution in [3.8, 4) is 5.75 Å². The standard InChI is InChI=1S/C15H15BrN2O3/c1-9-3-5-12(15(19)7-9)10(2)17-11-4-6-13(16)14(8-11)18(20)21/h3-8,10,17,19H,1-2H3. The van der Waals surface area contributed by atoms with Gasteiger partial charge in [0.1, 0.15) is 5.75 Å². The highest BCUT2D eigenvalue weighted by Gasteiger charge is 2.15. The second-order valence-corrected chi connectivity index (χ2v) is 5.71.